The summed E-state index contributed by atoms with van der Waals surface area (Å²) < 4.78 is 1.14. The van der Waals surface area contributed by atoms with E-state index in [9.17, 15) is 4.79 Å². The summed E-state index contributed by atoms with van der Waals surface area (Å²) in [5.74, 6) is 0. The van der Waals surface area contributed by atoms with Crippen molar-refractivity contribution in [2.24, 2.45) is 0 Å². The Hall–Kier alpha value is -3.29. The van der Waals surface area contributed by atoms with E-state index >= 15 is 0 Å². The lowest BCUT2D eigenvalue weighted by molar-refractivity contribution is 0.197. The number of aromatic nitrogens is 2. The van der Waals surface area contributed by atoms with Crippen LogP contribution in [-0.4, -0.2) is 46.6 Å². The van der Waals surface area contributed by atoms with Gasteiger partial charge in [-0.2, -0.15) is 0 Å². The highest BCUT2D eigenvalue weighted by Crippen LogP contribution is 2.34. The van der Waals surface area contributed by atoms with Crippen molar-refractivity contribution in [2.75, 3.05) is 25.0 Å². The van der Waals surface area contributed by atoms with Crippen LogP contribution in [0, 0.1) is 0 Å². The summed E-state index contributed by atoms with van der Waals surface area (Å²) >= 11 is 1.64. The van der Waals surface area contributed by atoms with Gasteiger partial charge in [0.15, 0.2) is 0 Å². The first-order chi connectivity index (χ1) is 16.2. The molecule has 2 aromatic heterocycles. The van der Waals surface area contributed by atoms with Crippen molar-refractivity contribution in [3.05, 3.63) is 78.6 Å². The maximum Gasteiger partial charge on any atom is 0.319 e. The van der Waals surface area contributed by atoms with Crippen LogP contribution in [0.5, 0.6) is 0 Å². The normalized spacial score (nSPS) is 14.9. The first kappa shape index (κ1) is 21.6. The molecule has 168 valence electrons. The summed E-state index contributed by atoms with van der Waals surface area (Å²) in [6.07, 6.45) is 6.65. The number of fused-ring (bicyclic) bond motifs is 1. The van der Waals surface area contributed by atoms with E-state index in [0.717, 1.165) is 65.4 Å². The number of nitrogens with zero attached hydrogens (tertiary/aromatic N) is 3. The number of piperidine rings is 1. The Bertz CT molecular complexity index is 1180. The largest absolute Gasteiger partial charge is 0.335 e. The average Bonchev–Trinajstić information content (AvgIpc) is 3.29. The summed E-state index contributed by atoms with van der Waals surface area (Å²) in [7, 11) is 0. The first-order valence-electron chi connectivity index (χ1n) is 11.4. The molecule has 2 amide bonds. The fourth-order valence-corrected chi connectivity index (χ4v) is 5.25. The van der Waals surface area contributed by atoms with E-state index in [4.69, 9.17) is 4.98 Å². The van der Waals surface area contributed by atoms with Gasteiger partial charge in [-0.05, 0) is 61.2 Å². The number of hydrogen-bond acceptors (Lipinski definition) is 5. The molecule has 1 aliphatic rings. The van der Waals surface area contributed by atoms with Gasteiger partial charge in [-0.15, -0.1) is 11.3 Å². The van der Waals surface area contributed by atoms with Crippen LogP contribution in [0.2, 0.25) is 0 Å². The molecule has 6 nitrogen and oxygen atoms in total. The second-order valence-electron chi connectivity index (χ2n) is 8.35. The number of likely N-dealkylation sites (tertiary alicyclic amines) is 1. The zero-order valence-electron chi connectivity index (χ0n) is 18.4. The molecular weight excluding hydrogens is 430 g/mol. The third-order valence-corrected chi connectivity index (χ3v) is 7.16. The number of rotatable bonds is 6. The van der Waals surface area contributed by atoms with Crippen LogP contribution in [0.3, 0.4) is 0 Å². The zero-order chi connectivity index (χ0) is 22.5. The van der Waals surface area contributed by atoms with Crippen molar-refractivity contribution in [3.8, 4) is 10.6 Å². The minimum Gasteiger partial charge on any atom is -0.335 e. The predicted molar refractivity (Wildman–Crippen MR) is 135 cm³/mol. The fraction of sp³-hybridized carbons (Fsp3) is 0.269. The topological polar surface area (TPSA) is 70.2 Å². The van der Waals surface area contributed by atoms with E-state index in [-0.39, 0.29) is 12.1 Å². The molecule has 0 saturated carbocycles. The Labute approximate surface area is 197 Å². The maximum atomic E-state index is 12.8. The molecule has 5 rings (SSSR count). The molecule has 1 fully saturated rings. The van der Waals surface area contributed by atoms with Crippen LogP contribution in [0.1, 0.15) is 18.4 Å². The SMILES string of the molecule is O=C(Nc1ccccc1-c1nc2ccccc2s1)NC1CCN(CCc2ccncc2)CC1. The number of anilines is 1. The Morgan fingerprint density at radius 2 is 1.76 bits per heavy atom. The molecule has 2 N–H and O–H groups in total. The van der Waals surface area contributed by atoms with E-state index < -0.39 is 0 Å². The summed E-state index contributed by atoms with van der Waals surface area (Å²) in [4.78, 5) is 24.1. The molecule has 33 heavy (non-hydrogen) atoms. The standard InChI is InChI=1S/C26H27N5OS/c32-26(28-20-12-17-31(18-13-20)16-11-19-9-14-27-15-10-19)30-22-6-2-1-5-21(22)25-29-23-7-3-4-8-24(23)33-25/h1-10,14-15,20H,11-13,16-18H2,(H2,28,30,32). The third-order valence-electron chi connectivity index (χ3n) is 6.09. The molecule has 1 aliphatic heterocycles. The van der Waals surface area contributed by atoms with Crippen molar-refractivity contribution in [2.45, 2.75) is 25.3 Å². The van der Waals surface area contributed by atoms with Crippen molar-refractivity contribution in [1.29, 1.82) is 0 Å². The van der Waals surface area contributed by atoms with Crippen molar-refractivity contribution in [3.63, 3.8) is 0 Å². The van der Waals surface area contributed by atoms with Crippen LogP contribution in [0.15, 0.2) is 73.1 Å². The predicted octanol–water partition coefficient (Wildman–Crippen LogP) is 5.19. The monoisotopic (exact) mass is 457 g/mol. The lowest BCUT2D eigenvalue weighted by Crippen LogP contribution is -2.46. The Kier molecular flexibility index (Phi) is 6.60. The van der Waals surface area contributed by atoms with Gasteiger partial charge in [0.25, 0.3) is 0 Å². The number of carbonyl (C=O) groups excluding carboxylic acids is 1. The van der Waals surface area contributed by atoms with E-state index in [0.29, 0.717) is 0 Å². The molecular formula is C26H27N5OS. The van der Waals surface area contributed by atoms with E-state index in [1.807, 2.05) is 54.9 Å². The molecule has 0 spiro atoms. The highest BCUT2D eigenvalue weighted by atomic mass is 32.1. The summed E-state index contributed by atoms with van der Waals surface area (Å²) in [5, 5.41) is 7.13. The van der Waals surface area contributed by atoms with Gasteiger partial charge in [-0.25, -0.2) is 9.78 Å². The minimum atomic E-state index is -0.154. The summed E-state index contributed by atoms with van der Waals surface area (Å²) in [6, 6.07) is 20.1. The molecule has 1 saturated heterocycles. The number of hydrogen-bond donors (Lipinski definition) is 2. The van der Waals surface area contributed by atoms with Crippen LogP contribution in [-0.2, 0) is 6.42 Å². The van der Waals surface area contributed by atoms with E-state index in [1.54, 1.807) is 11.3 Å². The number of benzene rings is 2. The number of nitrogens with one attached hydrogen (secondary N) is 2. The minimum absolute atomic E-state index is 0.154. The summed E-state index contributed by atoms with van der Waals surface area (Å²) in [5.41, 5.74) is 4.02. The third kappa shape index (κ3) is 5.38. The van der Waals surface area contributed by atoms with Crippen LogP contribution in [0.25, 0.3) is 20.8 Å². The van der Waals surface area contributed by atoms with Crippen LogP contribution in [0.4, 0.5) is 10.5 Å². The smallest absolute Gasteiger partial charge is 0.319 e. The Balaban J connectivity index is 1.15. The van der Waals surface area contributed by atoms with E-state index in [1.165, 1.54) is 5.56 Å². The zero-order valence-corrected chi connectivity index (χ0v) is 19.2. The lowest BCUT2D eigenvalue weighted by Gasteiger charge is -2.32. The molecule has 3 heterocycles. The average molecular weight is 458 g/mol. The molecule has 0 atom stereocenters. The van der Waals surface area contributed by atoms with Gasteiger partial charge in [0.1, 0.15) is 5.01 Å². The quantitative estimate of drug-likeness (QED) is 0.418. The van der Waals surface area contributed by atoms with Gasteiger partial charge in [0.2, 0.25) is 0 Å². The number of amides is 2. The lowest BCUT2D eigenvalue weighted by atomic mass is 10.0. The number of urea groups is 1. The molecule has 2 aromatic carbocycles. The van der Waals surface area contributed by atoms with Gasteiger partial charge in [0, 0.05) is 43.6 Å². The number of para-hydroxylation sites is 2. The van der Waals surface area contributed by atoms with Gasteiger partial charge < -0.3 is 15.5 Å². The number of pyridine rings is 1. The second kappa shape index (κ2) is 10.1. The van der Waals surface area contributed by atoms with Crippen LogP contribution >= 0.6 is 11.3 Å². The molecule has 0 aliphatic carbocycles. The number of thiazole rings is 1. The fourth-order valence-electron chi connectivity index (χ4n) is 4.25. The molecule has 0 radical (unpaired) electrons. The van der Waals surface area contributed by atoms with Gasteiger partial charge >= 0.3 is 6.03 Å². The van der Waals surface area contributed by atoms with Gasteiger partial charge in [0.05, 0.1) is 15.9 Å². The first-order valence-corrected chi connectivity index (χ1v) is 12.2. The molecule has 0 bridgehead atoms. The number of carbonyl (C=O) groups is 1. The Morgan fingerprint density at radius 3 is 2.58 bits per heavy atom. The Morgan fingerprint density at radius 1 is 1.00 bits per heavy atom. The molecule has 0 unspecified atom stereocenters. The van der Waals surface area contributed by atoms with Crippen molar-refractivity contribution < 1.29 is 4.79 Å². The summed E-state index contributed by atoms with van der Waals surface area (Å²) in [6.45, 7) is 3.04. The van der Waals surface area contributed by atoms with Gasteiger partial charge in [-0.3, -0.25) is 4.98 Å². The highest BCUT2D eigenvalue weighted by molar-refractivity contribution is 7.21. The maximum absolute atomic E-state index is 12.8. The highest BCUT2D eigenvalue weighted by Gasteiger charge is 2.21. The van der Waals surface area contributed by atoms with Gasteiger partial charge in [-0.1, -0.05) is 24.3 Å². The van der Waals surface area contributed by atoms with Crippen LogP contribution < -0.4 is 10.6 Å². The van der Waals surface area contributed by atoms with Crippen molar-refractivity contribution in [1.82, 2.24) is 20.2 Å². The van der Waals surface area contributed by atoms with Crippen molar-refractivity contribution >= 4 is 33.3 Å². The molecule has 4 aromatic rings. The van der Waals surface area contributed by atoms with E-state index in [2.05, 4.69) is 38.7 Å². The molecule has 7 heteroatoms. The second-order valence-corrected chi connectivity index (χ2v) is 9.38.